The number of nitrogens with zero attached hydrogens (tertiary/aromatic N) is 2. The fourth-order valence-electron chi connectivity index (χ4n) is 2.00. The van der Waals surface area contributed by atoms with E-state index in [1.807, 2.05) is 12.1 Å². The Labute approximate surface area is 128 Å². The monoisotopic (exact) mass is 297 g/mol. The van der Waals surface area contributed by atoms with Gasteiger partial charge in [0.2, 0.25) is 0 Å². The summed E-state index contributed by atoms with van der Waals surface area (Å²) in [5.74, 6) is 1.64. The summed E-state index contributed by atoms with van der Waals surface area (Å²) < 4.78 is 0. The van der Waals surface area contributed by atoms with Crippen molar-refractivity contribution in [1.82, 2.24) is 10.3 Å². The molecule has 0 amide bonds. The minimum atomic E-state index is 0.633. The molecular formula is C16H28ClN3. The van der Waals surface area contributed by atoms with Gasteiger partial charge in [-0.05, 0) is 31.0 Å². The van der Waals surface area contributed by atoms with E-state index in [0.29, 0.717) is 5.92 Å². The Morgan fingerprint density at radius 1 is 1.30 bits per heavy atom. The Kier molecular flexibility index (Phi) is 7.93. The summed E-state index contributed by atoms with van der Waals surface area (Å²) in [4.78, 5) is 6.89. The van der Waals surface area contributed by atoms with Crippen LogP contribution in [0.25, 0.3) is 0 Å². The lowest BCUT2D eigenvalue weighted by Crippen LogP contribution is -2.22. The highest BCUT2D eigenvalue weighted by molar-refractivity contribution is 6.31. The Balaban J connectivity index is 2.60. The first-order valence-corrected chi connectivity index (χ1v) is 7.99. The van der Waals surface area contributed by atoms with Gasteiger partial charge in [0.1, 0.15) is 5.82 Å². The predicted octanol–water partition coefficient (Wildman–Crippen LogP) is 4.11. The van der Waals surface area contributed by atoms with Crippen molar-refractivity contribution in [1.29, 1.82) is 0 Å². The zero-order valence-electron chi connectivity index (χ0n) is 13.2. The number of unbranched alkanes of at least 4 members (excludes halogenated alkanes) is 2. The molecule has 0 fully saturated rings. The van der Waals surface area contributed by atoms with E-state index in [1.165, 1.54) is 19.3 Å². The normalized spacial score (nSPS) is 11.1. The minimum Gasteiger partial charge on any atom is -0.360 e. The molecule has 0 saturated carbocycles. The molecule has 0 radical (unpaired) electrons. The van der Waals surface area contributed by atoms with Crippen molar-refractivity contribution in [3.8, 4) is 0 Å². The Hall–Kier alpha value is -0.800. The van der Waals surface area contributed by atoms with Gasteiger partial charge in [0.25, 0.3) is 0 Å². The maximum absolute atomic E-state index is 6.22. The van der Waals surface area contributed by atoms with Crippen molar-refractivity contribution in [2.24, 2.45) is 5.92 Å². The van der Waals surface area contributed by atoms with Crippen LogP contribution in [0.15, 0.2) is 12.1 Å². The molecule has 1 rings (SSSR count). The molecule has 0 aromatic carbocycles. The van der Waals surface area contributed by atoms with E-state index < -0.39 is 0 Å². The van der Waals surface area contributed by atoms with E-state index in [4.69, 9.17) is 11.6 Å². The number of anilines is 1. The molecule has 1 heterocycles. The van der Waals surface area contributed by atoms with Gasteiger partial charge in [0.05, 0.1) is 10.7 Å². The van der Waals surface area contributed by atoms with Gasteiger partial charge in [-0.15, -0.1) is 0 Å². The second-order valence-corrected chi connectivity index (χ2v) is 6.16. The van der Waals surface area contributed by atoms with Gasteiger partial charge in [-0.25, -0.2) is 4.98 Å². The molecule has 0 atom stereocenters. The standard InChI is InChI=1S/C16H28ClN3/c1-5-6-7-10-20(4)16-9-8-14(17)15(19-16)12-18-11-13(2)3/h8-9,13,18H,5-7,10-12H2,1-4H3. The van der Waals surface area contributed by atoms with Gasteiger partial charge in [0.15, 0.2) is 0 Å². The summed E-state index contributed by atoms with van der Waals surface area (Å²) in [6, 6.07) is 3.95. The fourth-order valence-corrected chi connectivity index (χ4v) is 2.17. The third-order valence-corrected chi connectivity index (χ3v) is 3.58. The Morgan fingerprint density at radius 2 is 2.05 bits per heavy atom. The number of halogens is 1. The molecule has 0 aliphatic rings. The summed E-state index contributed by atoms with van der Waals surface area (Å²) in [5, 5.41) is 4.14. The van der Waals surface area contributed by atoms with Crippen molar-refractivity contribution in [2.45, 2.75) is 46.6 Å². The number of pyridine rings is 1. The number of rotatable bonds is 9. The third kappa shape index (κ3) is 6.10. The zero-order chi connectivity index (χ0) is 15.0. The third-order valence-electron chi connectivity index (χ3n) is 3.24. The van der Waals surface area contributed by atoms with Crippen LogP contribution in [0.3, 0.4) is 0 Å². The largest absolute Gasteiger partial charge is 0.360 e. The highest BCUT2D eigenvalue weighted by Gasteiger charge is 2.07. The van der Waals surface area contributed by atoms with Crippen molar-refractivity contribution >= 4 is 17.4 Å². The Bertz CT molecular complexity index is 393. The maximum Gasteiger partial charge on any atom is 0.128 e. The SMILES string of the molecule is CCCCCN(C)c1ccc(Cl)c(CNCC(C)C)n1. The first-order valence-electron chi connectivity index (χ1n) is 7.61. The molecule has 20 heavy (non-hydrogen) atoms. The van der Waals surface area contributed by atoms with Crippen LogP contribution in [-0.4, -0.2) is 25.1 Å². The fraction of sp³-hybridized carbons (Fsp3) is 0.688. The van der Waals surface area contributed by atoms with Crippen LogP contribution in [0.2, 0.25) is 5.02 Å². The van der Waals surface area contributed by atoms with Crippen LogP contribution >= 0.6 is 11.6 Å². The second-order valence-electron chi connectivity index (χ2n) is 5.75. The summed E-state index contributed by atoms with van der Waals surface area (Å²) in [6.45, 7) is 9.36. The molecule has 3 nitrogen and oxygen atoms in total. The number of nitrogens with one attached hydrogen (secondary N) is 1. The number of hydrogen-bond acceptors (Lipinski definition) is 3. The lowest BCUT2D eigenvalue weighted by Gasteiger charge is -2.19. The van der Waals surface area contributed by atoms with E-state index in [2.05, 4.69) is 43.0 Å². The number of hydrogen-bond donors (Lipinski definition) is 1. The Morgan fingerprint density at radius 3 is 2.70 bits per heavy atom. The zero-order valence-corrected chi connectivity index (χ0v) is 14.0. The van der Waals surface area contributed by atoms with Crippen molar-refractivity contribution in [2.75, 3.05) is 25.0 Å². The molecular weight excluding hydrogens is 270 g/mol. The summed E-state index contributed by atoms with van der Waals surface area (Å²) >= 11 is 6.22. The quantitative estimate of drug-likeness (QED) is 0.695. The molecule has 1 N–H and O–H groups in total. The molecule has 1 aromatic rings. The van der Waals surface area contributed by atoms with Crippen LogP contribution in [-0.2, 0) is 6.54 Å². The van der Waals surface area contributed by atoms with Gasteiger partial charge < -0.3 is 10.2 Å². The van der Waals surface area contributed by atoms with E-state index >= 15 is 0 Å². The van der Waals surface area contributed by atoms with E-state index in [0.717, 1.165) is 36.2 Å². The highest BCUT2D eigenvalue weighted by atomic mass is 35.5. The minimum absolute atomic E-state index is 0.633. The first-order chi connectivity index (χ1) is 9.54. The summed E-state index contributed by atoms with van der Waals surface area (Å²) in [6.07, 6.45) is 3.71. The molecule has 114 valence electrons. The summed E-state index contributed by atoms with van der Waals surface area (Å²) in [5.41, 5.74) is 0.937. The van der Waals surface area contributed by atoms with Gasteiger partial charge in [-0.1, -0.05) is 45.2 Å². The van der Waals surface area contributed by atoms with Crippen molar-refractivity contribution in [3.05, 3.63) is 22.8 Å². The van der Waals surface area contributed by atoms with Crippen LogP contribution in [0, 0.1) is 5.92 Å². The van der Waals surface area contributed by atoms with E-state index in [1.54, 1.807) is 0 Å². The molecule has 0 unspecified atom stereocenters. The molecule has 0 saturated heterocycles. The lowest BCUT2D eigenvalue weighted by molar-refractivity contribution is 0.548. The maximum atomic E-state index is 6.22. The predicted molar refractivity (Wildman–Crippen MR) is 88.6 cm³/mol. The second kappa shape index (κ2) is 9.19. The van der Waals surface area contributed by atoms with Crippen LogP contribution in [0.5, 0.6) is 0 Å². The van der Waals surface area contributed by atoms with E-state index in [-0.39, 0.29) is 0 Å². The lowest BCUT2D eigenvalue weighted by atomic mass is 10.2. The average Bonchev–Trinajstić information content (AvgIpc) is 2.40. The van der Waals surface area contributed by atoms with Crippen molar-refractivity contribution in [3.63, 3.8) is 0 Å². The van der Waals surface area contributed by atoms with Gasteiger partial charge in [-0.2, -0.15) is 0 Å². The average molecular weight is 298 g/mol. The molecule has 4 heteroatoms. The van der Waals surface area contributed by atoms with Crippen molar-refractivity contribution < 1.29 is 0 Å². The molecule has 0 spiro atoms. The van der Waals surface area contributed by atoms with Crippen LogP contribution < -0.4 is 10.2 Å². The molecule has 0 aliphatic heterocycles. The topological polar surface area (TPSA) is 28.2 Å². The van der Waals surface area contributed by atoms with Crippen LogP contribution in [0.4, 0.5) is 5.82 Å². The number of aromatic nitrogens is 1. The summed E-state index contributed by atoms with van der Waals surface area (Å²) in [7, 11) is 2.09. The molecule has 0 bridgehead atoms. The highest BCUT2D eigenvalue weighted by Crippen LogP contribution is 2.19. The molecule has 0 aliphatic carbocycles. The van der Waals surface area contributed by atoms with Gasteiger partial charge in [-0.3, -0.25) is 0 Å². The van der Waals surface area contributed by atoms with Gasteiger partial charge >= 0.3 is 0 Å². The van der Waals surface area contributed by atoms with Crippen LogP contribution in [0.1, 0.15) is 45.7 Å². The van der Waals surface area contributed by atoms with E-state index in [9.17, 15) is 0 Å². The first kappa shape index (κ1) is 17.3. The smallest absolute Gasteiger partial charge is 0.128 e. The van der Waals surface area contributed by atoms with Gasteiger partial charge in [0, 0.05) is 20.1 Å². The molecule has 1 aromatic heterocycles.